The highest BCUT2D eigenvalue weighted by atomic mass is 16.5. The zero-order valence-electron chi connectivity index (χ0n) is 21.3. The number of anilines is 2. The van der Waals surface area contributed by atoms with Crippen molar-refractivity contribution in [1.29, 1.82) is 0 Å². The monoisotopic (exact) mass is 457 g/mol. The van der Waals surface area contributed by atoms with Gasteiger partial charge in [0.2, 0.25) is 5.91 Å². The quantitative estimate of drug-likeness (QED) is 0.569. The van der Waals surface area contributed by atoms with Crippen LogP contribution in [0.15, 0.2) is 30.3 Å². The van der Waals surface area contributed by atoms with Crippen LogP contribution in [-0.2, 0) is 15.7 Å². The van der Waals surface area contributed by atoms with Crippen LogP contribution >= 0.6 is 0 Å². The molecule has 3 amide bonds. The molecule has 8 nitrogen and oxygen atoms in total. The number of benzene rings is 1. The van der Waals surface area contributed by atoms with Crippen LogP contribution in [-0.4, -0.2) is 46.8 Å². The number of carbonyl (C=O) groups is 2. The van der Waals surface area contributed by atoms with E-state index in [4.69, 9.17) is 9.84 Å². The van der Waals surface area contributed by atoms with Crippen LogP contribution in [0.5, 0.6) is 5.75 Å². The van der Waals surface area contributed by atoms with Gasteiger partial charge >= 0.3 is 6.03 Å². The minimum absolute atomic E-state index is 0.0534. The number of urea groups is 1. The first kappa shape index (κ1) is 26.2. The number of carbonyl (C=O) groups excluding carboxylic acids is 2. The second kappa shape index (κ2) is 10.7. The first-order valence-electron chi connectivity index (χ1n) is 11.5. The van der Waals surface area contributed by atoms with Gasteiger partial charge in [0.15, 0.2) is 0 Å². The lowest BCUT2D eigenvalue weighted by molar-refractivity contribution is -0.116. The number of ether oxygens (including phenoxy) is 1. The summed E-state index contributed by atoms with van der Waals surface area (Å²) >= 11 is 0. The van der Waals surface area contributed by atoms with Crippen LogP contribution in [0.1, 0.15) is 67.0 Å². The van der Waals surface area contributed by atoms with Crippen LogP contribution in [0.3, 0.4) is 0 Å². The number of hydrogen-bond donors (Lipinski definition) is 2. The van der Waals surface area contributed by atoms with E-state index in [0.29, 0.717) is 23.8 Å². The SMILES string of the molecule is CCCCN(CC(=O)Nc1cc(C(C)(C)C)nn1C(C)(C)C)C(=O)Nc1ccc(OC)cc1. The summed E-state index contributed by atoms with van der Waals surface area (Å²) in [6.45, 7) is 14.9. The average Bonchev–Trinajstić information content (AvgIpc) is 3.16. The van der Waals surface area contributed by atoms with Gasteiger partial charge in [-0.2, -0.15) is 5.10 Å². The summed E-state index contributed by atoms with van der Waals surface area (Å²) in [4.78, 5) is 27.4. The van der Waals surface area contributed by atoms with Gasteiger partial charge in [-0.25, -0.2) is 9.48 Å². The third kappa shape index (κ3) is 7.51. The second-order valence-electron chi connectivity index (χ2n) is 10.2. The first-order chi connectivity index (χ1) is 15.3. The van der Waals surface area contributed by atoms with E-state index in [2.05, 4.69) is 38.3 Å². The number of hydrogen-bond acceptors (Lipinski definition) is 4. The minimum Gasteiger partial charge on any atom is -0.497 e. The normalized spacial score (nSPS) is 11.8. The van der Waals surface area contributed by atoms with Crippen LogP contribution < -0.4 is 15.4 Å². The van der Waals surface area contributed by atoms with E-state index >= 15 is 0 Å². The molecule has 0 aliphatic carbocycles. The van der Waals surface area contributed by atoms with E-state index in [1.165, 1.54) is 4.90 Å². The number of nitrogens with zero attached hydrogens (tertiary/aromatic N) is 3. The Bertz CT molecular complexity index is 936. The molecule has 1 aromatic heterocycles. The molecule has 0 aliphatic rings. The number of nitrogens with one attached hydrogen (secondary N) is 2. The third-order valence-electron chi connectivity index (χ3n) is 5.13. The summed E-state index contributed by atoms with van der Waals surface area (Å²) in [5.41, 5.74) is 1.08. The highest BCUT2D eigenvalue weighted by molar-refractivity contribution is 5.96. The molecule has 0 bridgehead atoms. The molecule has 1 heterocycles. The maximum atomic E-state index is 13.0. The molecule has 33 heavy (non-hydrogen) atoms. The maximum Gasteiger partial charge on any atom is 0.322 e. The van der Waals surface area contributed by atoms with E-state index in [-0.39, 0.29) is 29.4 Å². The van der Waals surface area contributed by atoms with Crippen LogP contribution in [0.2, 0.25) is 0 Å². The second-order valence-corrected chi connectivity index (χ2v) is 10.2. The fourth-order valence-corrected chi connectivity index (χ4v) is 3.18. The van der Waals surface area contributed by atoms with Crippen molar-refractivity contribution in [2.45, 2.75) is 72.3 Å². The van der Waals surface area contributed by atoms with Gasteiger partial charge in [-0.3, -0.25) is 4.79 Å². The topological polar surface area (TPSA) is 88.5 Å². The number of methoxy groups -OCH3 is 1. The Labute approximate surface area is 197 Å². The number of amides is 3. The Morgan fingerprint density at radius 2 is 1.70 bits per heavy atom. The Morgan fingerprint density at radius 3 is 2.21 bits per heavy atom. The molecule has 0 spiro atoms. The van der Waals surface area contributed by atoms with Crippen molar-refractivity contribution in [3.8, 4) is 5.75 Å². The molecule has 0 saturated carbocycles. The number of rotatable bonds is 8. The lowest BCUT2D eigenvalue weighted by Gasteiger charge is -2.25. The molecule has 0 saturated heterocycles. The fourth-order valence-electron chi connectivity index (χ4n) is 3.18. The molecule has 2 N–H and O–H groups in total. The van der Waals surface area contributed by atoms with E-state index < -0.39 is 0 Å². The minimum atomic E-state index is -0.316. The van der Waals surface area contributed by atoms with Crippen molar-refractivity contribution in [3.05, 3.63) is 36.0 Å². The third-order valence-corrected chi connectivity index (χ3v) is 5.13. The molecule has 2 rings (SSSR count). The van der Waals surface area contributed by atoms with Crippen molar-refractivity contribution in [3.63, 3.8) is 0 Å². The predicted molar refractivity (Wildman–Crippen MR) is 133 cm³/mol. The Hall–Kier alpha value is -3.03. The maximum absolute atomic E-state index is 13.0. The fraction of sp³-hybridized carbons (Fsp3) is 0.560. The molecule has 0 unspecified atom stereocenters. The van der Waals surface area contributed by atoms with Crippen LogP contribution in [0.4, 0.5) is 16.3 Å². The molecule has 0 radical (unpaired) electrons. The van der Waals surface area contributed by atoms with Crippen molar-refractivity contribution < 1.29 is 14.3 Å². The molecule has 2 aromatic rings. The van der Waals surface area contributed by atoms with Crippen molar-refractivity contribution in [2.24, 2.45) is 0 Å². The molecular weight excluding hydrogens is 418 g/mol. The summed E-state index contributed by atoms with van der Waals surface area (Å²) in [5, 5.41) is 10.6. The largest absolute Gasteiger partial charge is 0.497 e. The highest BCUT2D eigenvalue weighted by Crippen LogP contribution is 2.28. The van der Waals surface area contributed by atoms with Gasteiger partial charge in [-0.05, 0) is 51.5 Å². The highest BCUT2D eigenvalue weighted by Gasteiger charge is 2.26. The van der Waals surface area contributed by atoms with E-state index in [1.807, 2.05) is 31.5 Å². The molecule has 8 heteroatoms. The Morgan fingerprint density at radius 1 is 1.06 bits per heavy atom. The number of unbranched alkanes of at least 4 members (excludes halogenated alkanes) is 1. The predicted octanol–water partition coefficient (Wildman–Crippen LogP) is 5.22. The average molecular weight is 458 g/mol. The smallest absolute Gasteiger partial charge is 0.322 e. The lowest BCUT2D eigenvalue weighted by atomic mass is 9.92. The van der Waals surface area contributed by atoms with Crippen molar-refractivity contribution >= 4 is 23.4 Å². The summed E-state index contributed by atoms with van der Waals surface area (Å²) < 4.78 is 6.99. The van der Waals surface area contributed by atoms with Crippen LogP contribution in [0.25, 0.3) is 0 Å². The van der Waals surface area contributed by atoms with Crippen molar-refractivity contribution in [1.82, 2.24) is 14.7 Å². The molecular formula is C25H39N5O3. The summed E-state index contributed by atoms with van der Waals surface area (Å²) in [6, 6.07) is 8.69. The Balaban J connectivity index is 2.16. The first-order valence-corrected chi connectivity index (χ1v) is 11.5. The zero-order chi connectivity index (χ0) is 24.8. The van der Waals surface area contributed by atoms with Gasteiger partial charge in [-0.15, -0.1) is 0 Å². The van der Waals surface area contributed by atoms with E-state index in [1.54, 1.807) is 31.4 Å². The number of aromatic nitrogens is 2. The molecule has 1 aromatic carbocycles. The summed E-state index contributed by atoms with van der Waals surface area (Å²) in [6.07, 6.45) is 1.72. The molecule has 0 atom stereocenters. The molecule has 0 fully saturated rings. The van der Waals surface area contributed by atoms with Crippen molar-refractivity contribution in [2.75, 3.05) is 30.8 Å². The van der Waals surface area contributed by atoms with Gasteiger partial charge in [0.1, 0.15) is 18.1 Å². The molecule has 182 valence electrons. The Kier molecular flexibility index (Phi) is 8.52. The standard InChI is InChI=1S/C25H39N5O3/c1-9-10-15-29(23(32)26-18-11-13-19(33-8)14-12-18)17-22(31)27-21-16-20(24(2,3)4)28-30(21)25(5,6)7/h11-14,16H,9-10,15,17H2,1-8H3,(H,26,32)(H,27,31). The van der Waals surface area contributed by atoms with Gasteiger partial charge in [-0.1, -0.05) is 34.1 Å². The van der Waals surface area contributed by atoms with E-state index in [0.717, 1.165) is 18.5 Å². The van der Waals surface area contributed by atoms with Gasteiger partial charge in [0.25, 0.3) is 0 Å². The van der Waals surface area contributed by atoms with Gasteiger partial charge in [0, 0.05) is 23.7 Å². The summed E-state index contributed by atoms with van der Waals surface area (Å²) in [5.74, 6) is 1.07. The van der Waals surface area contributed by atoms with E-state index in [9.17, 15) is 9.59 Å². The lowest BCUT2D eigenvalue weighted by Crippen LogP contribution is -2.41. The van der Waals surface area contributed by atoms with Gasteiger partial charge in [0.05, 0.1) is 18.3 Å². The van der Waals surface area contributed by atoms with Gasteiger partial charge < -0.3 is 20.3 Å². The van der Waals surface area contributed by atoms with Crippen LogP contribution in [0, 0.1) is 0 Å². The zero-order valence-corrected chi connectivity index (χ0v) is 21.3. The molecule has 0 aliphatic heterocycles. The summed E-state index contributed by atoms with van der Waals surface area (Å²) in [7, 11) is 1.59.